The van der Waals surface area contributed by atoms with Gasteiger partial charge in [0.25, 0.3) is 0 Å². The lowest BCUT2D eigenvalue weighted by Crippen LogP contribution is -2.53. The molecule has 0 radical (unpaired) electrons. The van der Waals surface area contributed by atoms with Crippen LogP contribution in [0.5, 0.6) is 0 Å². The molecule has 6 heteroatoms. The minimum absolute atomic E-state index is 0.417. The molecule has 1 unspecified atom stereocenters. The largest absolute Gasteiger partial charge is 0.480 e. The zero-order valence-corrected chi connectivity index (χ0v) is 12.9. The second kappa shape index (κ2) is 6.92. The quantitative estimate of drug-likeness (QED) is 0.658. The zero-order chi connectivity index (χ0) is 15.3. The maximum Gasteiger partial charge on any atom is 0.326 e. The molecule has 0 bridgehead atoms. The van der Waals surface area contributed by atoms with Crippen molar-refractivity contribution in [3.05, 3.63) is 0 Å². The lowest BCUT2D eigenvalue weighted by Gasteiger charge is -2.28. The number of nitrogens with one attached hydrogen (secondary N) is 2. The van der Waals surface area contributed by atoms with Crippen LogP contribution in [0.25, 0.3) is 0 Å². The van der Waals surface area contributed by atoms with Gasteiger partial charge < -0.3 is 15.7 Å². The van der Waals surface area contributed by atoms with Gasteiger partial charge in [-0.2, -0.15) is 0 Å². The highest BCUT2D eigenvalue weighted by molar-refractivity contribution is 5.83. The zero-order valence-electron chi connectivity index (χ0n) is 12.9. The van der Waals surface area contributed by atoms with Gasteiger partial charge in [-0.15, -0.1) is 0 Å². The summed E-state index contributed by atoms with van der Waals surface area (Å²) >= 11 is 0. The standard InChI is InChI=1S/C14H27N3O3/c1-5-17(10-6-7-10)9-8-15-13(20)16-11(12(18)19)14(2,3)4/h10-11H,5-9H2,1-4H3,(H,18,19)(H2,15,16,20). The highest BCUT2D eigenvalue weighted by Gasteiger charge is 2.32. The Morgan fingerprint density at radius 1 is 1.35 bits per heavy atom. The number of likely N-dealkylation sites (N-methyl/N-ethyl adjacent to an activating group) is 1. The smallest absolute Gasteiger partial charge is 0.326 e. The van der Waals surface area contributed by atoms with E-state index in [0.29, 0.717) is 12.6 Å². The molecule has 20 heavy (non-hydrogen) atoms. The van der Waals surface area contributed by atoms with E-state index in [2.05, 4.69) is 22.5 Å². The minimum Gasteiger partial charge on any atom is -0.480 e. The number of nitrogens with zero attached hydrogens (tertiary/aromatic N) is 1. The van der Waals surface area contributed by atoms with Gasteiger partial charge in [-0.05, 0) is 24.8 Å². The van der Waals surface area contributed by atoms with Crippen molar-refractivity contribution in [1.29, 1.82) is 0 Å². The fraction of sp³-hybridized carbons (Fsp3) is 0.857. The van der Waals surface area contributed by atoms with Crippen LogP contribution in [-0.2, 0) is 4.79 Å². The summed E-state index contributed by atoms with van der Waals surface area (Å²) in [4.78, 5) is 25.2. The predicted molar refractivity (Wildman–Crippen MR) is 77.7 cm³/mol. The fourth-order valence-electron chi connectivity index (χ4n) is 2.18. The molecule has 1 atom stereocenters. The average molecular weight is 285 g/mol. The molecule has 0 aliphatic heterocycles. The van der Waals surface area contributed by atoms with Crippen LogP contribution in [0.1, 0.15) is 40.5 Å². The lowest BCUT2D eigenvalue weighted by atomic mass is 9.87. The molecular formula is C14H27N3O3. The summed E-state index contributed by atoms with van der Waals surface area (Å²) < 4.78 is 0. The van der Waals surface area contributed by atoms with Crippen molar-refractivity contribution in [3.63, 3.8) is 0 Å². The number of hydrogen-bond donors (Lipinski definition) is 3. The van der Waals surface area contributed by atoms with Crippen molar-refractivity contribution in [2.24, 2.45) is 5.41 Å². The van der Waals surface area contributed by atoms with Crippen LogP contribution in [0, 0.1) is 5.41 Å². The Morgan fingerprint density at radius 2 is 1.95 bits per heavy atom. The molecule has 0 heterocycles. The first-order valence-corrected chi connectivity index (χ1v) is 7.27. The molecule has 6 nitrogen and oxygen atoms in total. The van der Waals surface area contributed by atoms with E-state index in [1.54, 1.807) is 20.8 Å². The summed E-state index contributed by atoms with van der Waals surface area (Å²) in [6, 6.07) is -0.640. The molecule has 2 amide bonds. The van der Waals surface area contributed by atoms with Gasteiger partial charge >= 0.3 is 12.0 Å². The van der Waals surface area contributed by atoms with Crippen molar-refractivity contribution in [2.45, 2.75) is 52.6 Å². The van der Waals surface area contributed by atoms with Crippen LogP contribution >= 0.6 is 0 Å². The Hall–Kier alpha value is -1.30. The van der Waals surface area contributed by atoms with Gasteiger partial charge in [0, 0.05) is 19.1 Å². The number of carboxylic acids is 1. The Morgan fingerprint density at radius 3 is 2.35 bits per heavy atom. The Labute approximate surface area is 120 Å². The predicted octanol–water partition coefficient (Wildman–Crippen LogP) is 1.27. The molecule has 1 aliphatic carbocycles. The summed E-state index contributed by atoms with van der Waals surface area (Å²) in [7, 11) is 0. The lowest BCUT2D eigenvalue weighted by molar-refractivity contribution is -0.141. The van der Waals surface area contributed by atoms with Gasteiger partial charge in [-0.1, -0.05) is 27.7 Å². The summed E-state index contributed by atoms with van der Waals surface area (Å²) in [6.45, 7) is 9.80. The van der Waals surface area contributed by atoms with E-state index in [1.807, 2.05) is 0 Å². The van der Waals surface area contributed by atoms with Crippen LogP contribution in [-0.4, -0.2) is 53.7 Å². The van der Waals surface area contributed by atoms with Crippen molar-refractivity contribution >= 4 is 12.0 Å². The maximum absolute atomic E-state index is 11.8. The third kappa shape index (κ3) is 5.36. The molecule has 1 rings (SSSR count). The number of carbonyl (C=O) groups excluding carboxylic acids is 1. The first-order valence-electron chi connectivity index (χ1n) is 7.27. The van der Waals surface area contributed by atoms with Crippen LogP contribution in [0.15, 0.2) is 0 Å². The molecule has 3 N–H and O–H groups in total. The van der Waals surface area contributed by atoms with E-state index >= 15 is 0 Å². The molecule has 0 aromatic rings. The SMILES string of the molecule is CCN(CCNC(=O)NC(C(=O)O)C(C)(C)C)C1CC1. The Bertz CT molecular complexity index is 348. The normalized spacial score (nSPS) is 16.9. The highest BCUT2D eigenvalue weighted by atomic mass is 16.4. The molecule has 0 spiro atoms. The first kappa shape index (κ1) is 16.8. The number of urea groups is 1. The van der Waals surface area contributed by atoms with Gasteiger partial charge in [0.2, 0.25) is 0 Å². The fourth-order valence-corrected chi connectivity index (χ4v) is 2.18. The molecule has 0 saturated heterocycles. The second-order valence-electron chi connectivity index (χ2n) is 6.40. The van der Waals surface area contributed by atoms with E-state index in [9.17, 15) is 9.59 Å². The molecule has 0 aromatic carbocycles. The van der Waals surface area contributed by atoms with Gasteiger partial charge in [0.15, 0.2) is 0 Å². The third-order valence-electron chi connectivity index (χ3n) is 3.54. The van der Waals surface area contributed by atoms with Gasteiger partial charge in [0.05, 0.1) is 0 Å². The number of hydrogen-bond acceptors (Lipinski definition) is 3. The Kier molecular flexibility index (Phi) is 5.80. The summed E-state index contributed by atoms with van der Waals surface area (Å²) in [5.74, 6) is -1.01. The van der Waals surface area contributed by atoms with E-state index in [1.165, 1.54) is 12.8 Å². The van der Waals surface area contributed by atoms with Crippen LogP contribution < -0.4 is 10.6 Å². The van der Waals surface area contributed by atoms with E-state index in [0.717, 1.165) is 13.1 Å². The summed E-state index contributed by atoms with van der Waals surface area (Å²) in [5.41, 5.74) is -0.521. The highest BCUT2D eigenvalue weighted by Crippen LogP contribution is 2.25. The minimum atomic E-state index is -1.01. The van der Waals surface area contributed by atoms with Crippen LogP contribution in [0.2, 0.25) is 0 Å². The first-order chi connectivity index (χ1) is 9.25. The number of aliphatic carboxylic acids is 1. The van der Waals surface area contributed by atoms with Crippen LogP contribution in [0.3, 0.4) is 0 Å². The van der Waals surface area contributed by atoms with Gasteiger partial charge in [-0.3, -0.25) is 4.90 Å². The monoisotopic (exact) mass is 285 g/mol. The summed E-state index contributed by atoms with van der Waals surface area (Å²) in [5, 5.41) is 14.4. The molecule has 116 valence electrons. The maximum atomic E-state index is 11.8. The van der Waals surface area contributed by atoms with Crippen LogP contribution in [0.4, 0.5) is 4.79 Å². The number of carboxylic acid groups (broad SMARTS) is 1. The number of amides is 2. The van der Waals surface area contributed by atoms with E-state index < -0.39 is 23.5 Å². The molecule has 1 saturated carbocycles. The third-order valence-corrected chi connectivity index (χ3v) is 3.54. The molecule has 1 fully saturated rings. The number of carbonyl (C=O) groups is 2. The average Bonchev–Trinajstić information content (AvgIpc) is 3.14. The van der Waals surface area contributed by atoms with E-state index in [4.69, 9.17) is 5.11 Å². The van der Waals surface area contributed by atoms with Gasteiger partial charge in [-0.25, -0.2) is 9.59 Å². The van der Waals surface area contributed by atoms with E-state index in [-0.39, 0.29) is 0 Å². The summed E-state index contributed by atoms with van der Waals surface area (Å²) in [6.07, 6.45) is 2.48. The van der Waals surface area contributed by atoms with Gasteiger partial charge in [0.1, 0.15) is 6.04 Å². The van der Waals surface area contributed by atoms with Crippen molar-refractivity contribution in [1.82, 2.24) is 15.5 Å². The molecule has 0 aromatic heterocycles. The molecule has 1 aliphatic rings. The Balaban J connectivity index is 2.33. The topological polar surface area (TPSA) is 81.7 Å². The van der Waals surface area contributed by atoms with Crippen molar-refractivity contribution in [2.75, 3.05) is 19.6 Å². The molecular weight excluding hydrogens is 258 g/mol. The second-order valence-corrected chi connectivity index (χ2v) is 6.40. The van der Waals surface area contributed by atoms with Crippen molar-refractivity contribution in [3.8, 4) is 0 Å². The van der Waals surface area contributed by atoms with Crippen molar-refractivity contribution < 1.29 is 14.7 Å². The number of rotatable bonds is 7.